The second-order valence-electron chi connectivity index (χ2n) is 9.75. The maximum atomic E-state index is 12.8. The zero-order valence-corrected chi connectivity index (χ0v) is 25.7. The average molecular weight is 639 g/mol. The minimum atomic E-state index is -4.17. The summed E-state index contributed by atoms with van der Waals surface area (Å²) >= 11 is 14.2. The average Bonchev–Trinajstić information content (AvgIpc) is 2.91. The second kappa shape index (κ2) is 15.0. The number of nitrogens with one attached hydrogen (secondary N) is 2. The standard InChI is InChI=1S/C20H28Cl2FN3O4S.C7H7FS/c1-30-20(6-3-2-4-7-20)19(27)25-31(28,29)15-10-16(21)18(17(22)11-15)24-8-5-9-26-12-14(23)13-26;1-9-7-4-2-6(8)3-5-7/h10-11,14,24H,2-9,12-13H2,1H3,(H,25,27);2-5H,1H3. The van der Waals surface area contributed by atoms with Crippen LogP contribution in [0.25, 0.3) is 0 Å². The van der Waals surface area contributed by atoms with Gasteiger partial charge in [0.25, 0.3) is 15.9 Å². The Balaban J connectivity index is 0.000000415. The monoisotopic (exact) mass is 637 g/mol. The predicted molar refractivity (Wildman–Crippen MR) is 157 cm³/mol. The molecule has 2 aliphatic rings. The van der Waals surface area contributed by atoms with E-state index in [-0.39, 0.29) is 20.8 Å². The van der Waals surface area contributed by atoms with Crippen LogP contribution in [-0.2, 0) is 19.6 Å². The minimum Gasteiger partial charge on any atom is -0.383 e. The molecule has 0 spiro atoms. The molecule has 1 amide bonds. The highest BCUT2D eigenvalue weighted by molar-refractivity contribution is 7.98. The number of rotatable bonds is 10. The lowest BCUT2D eigenvalue weighted by Gasteiger charge is -2.34. The maximum Gasteiger partial charge on any atom is 0.265 e. The van der Waals surface area contributed by atoms with E-state index in [1.807, 2.05) is 11.2 Å². The van der Waals surface area contributed by atoms with Crippen LogP contribution in [0.2, 0.25) is 10.0 Å². The Kier molecular flexibility index (Phi) is 12.3. The molecule has 40 heavy (non-hydrogen) atoms. The van der Waals surface area contributed by atoms with Gasteiger partial charge in [0, 0.05) is 38.2 Å². The topological polar surface area (TPSA) is 87.7 Å². The molecule has 1 saturated carbocycles. The molecule has 1 heterocycles. The Morgan fingerprint density at radius 3 is 2.25 bits per heavy atom. The molecule has 0 aromatic heterocycles. The third-order valence-corrected chi connectivity index (χ3v) is 9.58. The van der Waals surface area contributed by atoms with Crippen molar-refractivity contribution >= 4 is 56.6 Å². The number of carbonyl (C=O) groups excluding carboxylic acids is 1. The van der Waals surface area contributed by atoms with Crippen LogP contribution in [0.1, 0.15) is 38.5 Å². The van der Waals surface area contributed by atoms with Crippen LogP contribution < -0.4 is 10.0 Å². The van der Waals surface area contributed by atoms with Crippen molar-refractivity contribution < 1.29 is 26.7 Å². The summed E-state index contributed by atoms with van der Waals surface area (Å²) in [5.74, 6) is -0.849. The van der Waals surface area contributed by atoms with Gasteiger partial charge in [-0.05, 0) is 61.9 Å². The Labute approximate surface area is 249 Å². The summed E-state index contributed by atoms with van der Waals surface area (Å²) < 4.78 is 58.2. The first-order valence-corrected chi connectivity index (χ1v) is 16.5. The maximum absolute atomic E-state index is 12.8. The Hall–Kier alpha value is -1.63. The number of thioether (sulfide) groups is 1. The number of alkyl halides is 1. The van der Waals surface area contributed by atoms with Crippen LogP contribution in [0.15, 0.2) is 46.2 Å². The largest absolute Gasteiger partial charge is 0.383 e. The molecular weight excluding hydrogens is 603 g/mol. The fraction of sp³-hybridized carbons (Fsp3) is 0.519. The Morgan fingerprint density at radius 2 is 1.73 bits per heavy atom. The first kappa shape index (κ1) is 32.9. The van der Waals surface area contributed by atoms with Crippen molar-refractivity contribution in [2.75, 3.05) is 44.9 Å². The predicted octanol–water partition coefficient (Wildman–Crippen LogP) is 6.15. The number of nitrogens with zero attached hydrogens (tertiary/aromatic N) is 1. The number of hydrogen-bond donors (Lipinski definition) is 2. The van der Waals surface area contributed by atoms with E-state index >= 15 is 0 Å². The summed E-state index contributed by atoms with van der Waals surface area (Å²) in [6, 6.07) is 8.97. The highest BCUT2D eigenvalue weighted by Gasteiger charge is 2.41. The number of benzene rings is 2. The molecule has 2 aromatic rings. The number of sulfonamides is 1. The lowest BCUT2D eigenvalue weighted by Crippen LogP contribution is -2.51. The fourth-order valence-corrected chi connectivity index (χ4v) is 6.82. The zero-order chi connectivity index (χ0) is 29.3. The Morgan fingerprint density at radius 1 is 1.12 bits per heavy atom. The summed E-state index contributed by atoms with van der Waals surface area (Å²) in [5.41, 5.74) is -0.722. The van der Waals surface area contributed by atoms with Crippen LogP contribution in [-0.4, -0.2) is 70.5 Å². The van der Waals surface area contributed by atoms with Gasteiger partial charge in [-0.15, -0.1) is 11.8 Å². The van der Waals surface area contributed by atoms with E-state index in [2.05, 4.69) is 10.0 Å². The molecule has 222 valence electrons. The quantitative estimate of drug-likeness (QED) is 0.239. The van der Waals surface area contributed by atoms with Gasteiger partial charge < -0.3 is 10.1 Å². The number of carbonyl (C=O) groups is 1. The molecule has 0 atom stereocenters. The summed E-state index contributed by atoms with van der Waals surface area (Å²) in [6.07, 6.45) is 5.51. The van der Waals surface area contributed by atoms with E-state index in [0.29, 0.717) is 38.2 Å². The van der Waals surface area contributed by atoms with E-state index in [4.69, 9.17) is 27.9 Å². The Bertz CT molecular complexity index is 1220. The van der Waals surface area contributed by atoms with Crippen LogP contribution in [0, 0.1) is 5.82 Å². The number of likely N-dealkylation sites (tertiary alicyclic amines) is 1. The van der Waals surface area contributed by atoms with Crippen molar-refractivity contribution in [2.45, 2.75) is 60.1 Å². The van der Waals surface area contributed by atoms with Crippen molar-refractivity contribution in [3.05, 3.63) is 52.3 Å². The minimum absolute atomic E-state index is 0.132. The normalized spacial score (nSPS) is 17.4. The molecule has 4 rings (SSSR count). The highest BCUT2D eigenvalue weighted by atomic mass is 35.5. The first-order chi connectivity index (χ1) is 19.0. The fourth-order valence-electron chi connectivity index (χ4n) is 4.57. The van der Waals surface area contributed by atoms with Crippen molar-refractivity contribution in [3.8, 4) is 0 Å². The van der Waals surface area contributed by atoms with E-state index in [1.54, 1.807) is 23.9 Å². The molecule has 1 aliphatic carbocycles. The molecule has 0 bridgehead atoms. The van der Waals surface area contributed by atoms with Crippen molar-refractivity contribution in [3.63, 3.8) is 0 Å². The van der Waals surface area contributed by atoms with Crippen molar-refractivity contribution in [1.82, 2.24) is 9.62 Å². The van der Waals surface area contributed by atoms with Crippen LogP contribution >= 0.6 is 35.0 Å². The number of anilines is 1. The van der Waals surface area contributed by atoms with Gasteiger partial charge >= 0.3 is 0 Å². The van der Waals surface area contributed by atoms with Gasteiger partial charge in [0.05, 0.1) is 20.6 Å². The summed E-state index contributed by atoms with van der Waals surface area (Å²) in [6.45, 7) is 2.22. The van der Waals surface area contributed by atoms with Gasteiger partial charge in [-0.25, -0.2) is 21.9 Å². The second-order valence-corrected chi connectivity index (χ2v) is 13.1. The smallest absolute Gasteiger partial charge is 0.265 e. The third kappa shape index (κ3) is 8.93. The van der Waals surface area contributed by atoms with Gasteiger partial charge in [-0.3, -0.25) is 9.69 Å². The molecule has 1 aliphatic heterocycles. The molecule has 2 fully saturated rings. The number of methoxy groups -OCH3 is 1. The SMILES string of the molecule is COC1(C(=O)NS(=O)(=O)c2cc(Cl)c(NCCCN3CC(F)C3)c(Cl)c2)CCCCC1.CSc1ccc(F)cc1. The highest BCUT2D eigenvalue weighted by Crippen LogP contribution is 2.35. The molecule has 7 nitrogen and oxygen atoms in total. The van der Waals surface area contributed by atoms with Gasteiger partial charge in [0.2, 0.25) is 0 Å². The third-order valence-electron chi connectivity index (χ3n) is 6.93. The van der Waals surface area contributed by atoms with Gasteiger partial charge in [0.1, 0.15) is 17.6 Å². The van der Waals surface area contributed by atoms with Crippen LogP contribution in [0.4, 0.5) is 14.5 Å². The summed E-state index contributed by atoms with van der Waals surface area (Å²) in [7, 11) is -2.75. The van der Waals surface area contributed by atoms with E-state index in [0.717, 1.165) is 37.1 Å². The molecule has 0 radical (unpaired) electrons. The lowest BCUT2D eigenvalue weighted by atomic mass is 9.84. The molecular formula is C27H35Cl2F2N3O4S2. The molecule has 2 aromatic carbocycles. The molecule has 2 N–H and O–H groups in total. The van der Waals surface area contributed by atoms with E-state index in [9.17, 15) is 22.0 Å². The van der Waals surface area contributed by atoms with E-state index in [1.165, 1.54) is 31.4 Å². The number of amides is 1. The number of hydrogen-bond acceptors (Lipinski definition) is 7. The molecule has 0 unspecified atom stereocenters. The summed E-state index contributed by atoms with van der Waals surface area (Å²) in [4.78, 5) is 15.6. The number of ether oxygens (including phenoxy) is 1. The van der Waals surface area contributed by atoms with Crippen LogP contribution in [0.5, 0.6) is 0 Å². The van der Waals surface area contributed by atoms with Crippen molar-refractivity contribution in [1.29, 1.82) is 0 Å². The zero-order valence-electron chi connectivity index (χ0n) is 22.5. The van der Waals surface area contributed by atoms with Gasteiger partial charge in [-0.1, -0.05) is 42.5 Å². The van der Waals surface area contributed by atoms with Crippen molar-refractivity contribution in [2.24, 2.45) is 0 Å². The van der Waals surface area contributed by atoms with Gasteiger partial charge in [-0.2, -0.15) is 0 Å². The molecule has 13 heteroatoms. The van der Waals surface area contributed by atoms with Gasteiger partial charge in [0.15, 0.2) is 0 Å². The van der Waals surface area contributed by atoms with E-state index < -0.39 is 27.7 Å². The lowest BCUT2D eigenvalue weighted by molar-refractivity contribution is -0.145. The first-order valence-electron chi connectivity index (χ1n) is 13.0. The summed E-state index contributed by atoms with van der Waals surface area (Å²) in [5, 5.41) is 3.36. The van der Waals surface area contributed by atoms with Crippen LogP contribution in [0.3, 0.4) is 0 Å². The number of halogens is 4. The molecule has 1 saturated heterocycles.